The molecule has 0 aliphatic carbocycles. The molecule has 0 spiro atoms. The van der Waals surface area contributed by atoms with Crippen molar-refractivity contribution >= 4 is 17.3 Å². The Morgan fingerprint density at radius 1 is 0.800 bits per heavy atom. The molecule has 3 heteroatoms. The van der Waals surface area contributed by atoms with Gasteiger partial charge in [0.05, 0.1) is 0 Å². The number of benzene rings is 1. The molecule has 2 aliphatic rings. The molecule has 0 amide bonds. The van der Waals surface area contributed by atoms with Crippen LogP contribution in [0.1, 0.15) is 38.5 Å². The summed E-state index contributed by atoms with van der Waals surface area (Å²) in [7, 11) is 0. The Hall–Kier alpha value is -0.730. The molecule has 0 unspecified atom stereocenters. The highest BCUT2D eigenvalue weighted by molar-refractivity contribution is 6.30. The van der Waals surface area contributed by atoms with Crippen LogP contribution in [-0.2, 0) is 0 Å². The highest BCUT2D eigenvalue weighted by Crippen LogP contribution is 2.25. The van der Waals surface area contributed by atoms with E-state index in [0.717, 1.165) is 11.1 Å². The van der Waals surface area contributed by atoms with Crippen LogP contribution < -0.4 is 4.90 Å². The molecule has 0 atom stereocenters. The fourth-order valence-corrected chi connectivity index (χ4v) is 3.73. The van der Waals surface area contributed by atoms with E-state index in [9.17, 15) is 0 Å². The van der Waals surface area contributed by atoms with Gasteiger partial charge in [-0.25, -0.2) is 0 Å². The lowest BCUT2D eigenvalue weighted by Crippen LogP contribution is -2.45. The van der Waals surface area contributed by atoms with Crippen molar-refractivity contribution in [3.8, 4) is 0 Å². The summed E-state index contributed by atoms with van der Waals surface area (Å²) >= 11 is 5.97. The summed E-state index contributed by atoms with van der Waals surface area (Å²) in [6, 6.07) is 9.11. The summed E-state index contributed by atoms with van der Waals surface area (Å²) in [5.41, 5.74) is 1.32. The smallest absolute Gasteiger partial charge is 0.0407 e. The molecule has 0 saturated carbocycles. The molecule has 20 heavy (non-hydrogen) atoms. The zero-order valence-corrected chi connectivity index (χ0v) is 13.0. The van der Waals surface area contributed by atoms with Crippen LogP contribution in [0.2, 0.25) is 5.02 Å². The number of nitrogens with zero attached hydrogens (tertiary/aromatic N) is 2. The van der Waals surface area contributed by atoms with Gasteiger partial charge < -0.3 is 9.80 Å². The number of likely N-dealkylation sites (tertiary alicyclic amines) is 1. The van der Waals surface area contributed by atoms with Crippen molar-refractivity contribution in [1.29, 1.82) is 0 Å². The first-order valence-electron chi connectivity index (χ1n) is 8.07. The zero-order valence-electron chi connectivity index (χ0n) is 12.2. The van der Waals surface area contributed by atoms with E-state index in [1.807, 2.05) is 12.1 Å². The Morgan fingerprint density at radius 3 is 2.00 bits per heavy atom. The summed E-state index contributed by atoms with van der Waals surface area (Å²) in [5.74, 6) is 0. The standard InChI is InChI=1S/C17H25ClN2/c18-15-5-7-16(8-6-15)20-13-9-17(10-14-20)19-11-3-1-2-4-12-19/h5-8,17H,1-4,9-14H2. The Morgan fingerprint density at radius 2 is 1.40 bits per heavy atom. The molecule has 1 aromatic carbocycles. The van der Waals surface area contributed by atoms with Crippen LogP contribution in [0.5, 0.6) is 0 Å². The quantitative estimate of drug-likeness (QED) is 0.807. The van der Waals surface area contributed by atoms with Crippen molar-refractivity contribution < 1.29 is 0 Å². The van der Waals surface area contributed by atoms with Crippen LogP contribution in [0, 0.1) is 0 Å². The second kappa shape index (κ2) is 6.82. The molecule has 2 fully saturated rings. The van der Waals surface area contributed by atoms with E-state index in [-0.39, 0.29) is 0 Å². The molecule has 2 heterocycles. The fourth-order valence-electron chi connectivity index (χ4n) is 3.60. The Kier molecular flexibility index (Phi) is 4.85. The second-order valence-corrected chi connectivity index (χ2v) is 6.58. The Bertz CT molecular complexity index is 402. The predicted molar refractivity (Wildman–Crippen MR) is 86.7 cm³/mol. The number of hydrogen-bond donors (Lipinski definition) is 0. The van der Waals surface area contributed by atoms with E-state index in [2.05, 4.69) is 21.9 Å². The molecule has 0 radical (unpaired) electrons. The molecule has 0 N–H and O–H groups in total. The van der Waals surface area contributed by atoms with Crippen molar-refractivity contribution in [3.05, 3.63) is 29.3 Å². The normalized spacial score (nSPS) is 22.8. The van der Waals surface area contributed by atoms with Crippen LogP contribution in [0.3, 0.4) is 0 Å². The first-order valence-corrected chi connectivity index (χ1v) is 8.45. The van der Waals surface area contributed by atoms with Crippen LogP contribution in [-0.4, -0.2) is 37.1 Å². The third-order valence-corrected chi connectivity index (χ3v) is 5.07. The van der Waals surface area contributed by atoms with Gasteiger partial charge in [-0.05, 0) is 63.0 Å². The third kappa shape index (κ3) is 3.48. The van der Waals surface area contributed by atoms with Crippen molar-refractivity contribution in [3.63, 3.8) is 0 Å². The maximum absolute atomic E-state index is 5.97. The lowest BCUT2D eigenvalue weighted by atomic mass is 10.0. The molecule has 3 rings (SSSR count). The predicted octanol–water partition coefficient (Wildman–Crippen LogP) is 4.18. The van der Waals surface area contributed by atoms with Gasteiger partial charge in [0.1, 0.15) is 0 Å². The van der Waals surface area contributed by atoms with Gasteiger partial charge in [-0.1, -0.05) is 24.4 Å². The van der Waals surface area contributed by atoms with Crippen LogP contribution in [0.15, 0.2) is 24.3 Å². The van der Waals surface area contributed by atoms with Crippen molar-refractivity contribution in [1.82, 2.24) is 4.90 Å². The molecule has 2 aliphatic heterocycles. The van der Waals surface area contributed by atoms with Crippen LogP contribution in [0.4, 0.5) is 5.69 Å². The third-order valence-electron chi connectivity index (χ3n) is 4.81. The molecule has 2 saturated heterocycles. The van der Waals surface area contributed by atoms with Crippen LogP contribution >= 0.6 is 11.6 Å². The minimum absolute atomic E-state index is 0.816. The first kappa shape index (κ1) is 14.2. The van der Waals surface area contributed by atoms with E-state index in [0.29, 0.717) is 0 Å². The number of piperidine rings is 1. The summed E-state index contributed by atoms with van der Waals surface area (Å²) in [6.07, 6.45) is 8.28. The summed E-state index contributed by atoms with van der Waals surface area (Å²) in [5, 5.41) is 0.827. The fraction of sp³-hybridized carbons (Fsp3) is 0.647. The highest BCUT2D eigenvalue weighted by atomic mass is 35.5. The van der Waals surface area contributed by atoms with Gasteiger partial charge in [-0.3, -0.25) is 0 Å². The van der Waals surface area contributed by atoms with Gasteiger partial charge in [-0.2, -0.15) is 0 Å². The van der Waals surface area contributed by atoms with E-state index in [1.165, 1.54) is 70.4 Å². The largest absolute Gasteiger partial charge is 0.371 e. The zero-order chi connectivity index (χ0) is 13.8. The molecular weight excluding hydrogens is 268 g/mol. The molecule has 110 valence electrons. The average Bonchev–Trinajstić information content (AvgIpc) is 2.77. The Labute approximate surface area is 127 Å². The molecule has 0 bridgehead atoms. The van der Waals surface area contributed by atoms with E-state index < -0.39 is 0 Å². The van der Waals surface area contributed by atoms with E-state index in [4.69, 9.17) is 11.6 Å². The SMILES string of the molecule is Clc1ccc(N2CCC(N3CCCCCC3)CC2)cc1. The minimum atomic E-state index is 0.816. The number of rotatable bonds is 2. The number of anilines is 1. The van der Waals surface area contributed by atoms with Gasteiger partial charge >= 0.3 is 0 Å². The first-order chi connectivity index (χ1) is 9.83. The topological polar surface area (TPSA) is 6.48 Å². The summed E-state index contributed by atoms with van der Waals surface area (Å²) in [4.78, 5) is 5.26. The van der Waals surface area contributed by atoms with Crippen LogP contribution in [0.25, 0.3) is 0 Å². The number of hydrogen-bond acceptors (Lipinski definition) is 2. The van der Waals surface area contributed by atoms with Crippen molar-refractivity contribution in [2.24, 2.45) is 0 Å². The highest BCUT2D eigenvalue weighted by Gasteiger charge is 2.24. The summed E-state index contributed by atoms with van der Waals surface area (Å²) < 4.78 is 0. The van der Waals surface area contributed by atoms with Crippen molar-refractivity contribution in [2.75, 3.05) is 31.1 Å². The molecule has 1 aromatic rings. The molecule has 2 nitrogen and oxygen atoms in total. The maximum atomic E-state index is 5.97. The van der Waals surface area contributed by atoms with E-state index in [1.54, 1.807) is 0 Å². The van der Waals surface area contributed by atoms with E-state index >= 15 is 0 Å². The second-order valence-electron chi connectivity index (χ2n) is 6.14. The van der Waals surface area contributed by atoms with Gasteiger partial charge in [0, 0.05) is 29.8 Å². The lowest BCUT2D eigenvalue weighted by Gasteiger charge is -2.39. The molecular formula is C17H25ClN2. The summed E-state index contributed by atoms with van der Waals surface area (Å²) in [6.45, 7) is 5.02. The lowest BCUT2D eigenvalue weighted by molar-refractivity contribution is 0.175. The number of halogens is 1. The Balaban J connectivity index is 1.54. The monoisotopic (exact) mass is 292 g/mol. The van der Waals surface area contributed by atoms with Gasteiger partial charge in [0.15, 0.2) is 0 Å². The van der Waals surface area contributed by atoms with Gasteiger partial charge in [0.2, 0.25) is 0 Å². The van der Waals surface area contributed by atoms with Crippen molar-refractivity contribution in [2.45, 2.75) is 44.6 Å². The maximum Gasteiger partial charge on any atom is 0.0407 e. The minimum Gasteiger partial charge on any atom is -0.371 e. The van der Waals surface area contributed by atoms with Gasteiger partial charge in [-0.15, -0.1) is 0 Å². The molecule has 0 aromatic heterocycles. The average molecular weight is 293 g/mol. The van der Waals surface area contributed by atoms with Gasteiger partial charge in [0.25, 0.3) is 0 Å².